The predicted octanol–water partition coefficient (Wildman–Crippen LogP) is -0.245. The second-order valence-corrected chi connectivity index (χ2v) is 4.60. The Kier molecular flexibility index (Phi) is 3.42. The van der Waals surface area contributed by atoms with Crippen molar-refractivity contribution < 1.29 is 18.2 Å². The molecule has 1 aromatic rings. The molecule has 0 unspecified atom stereocenters. The van der Waals surface area contributed by atoms with Gasteiger partial charge in [0, 0.05) is 6.07 Å². The molecule has 1 rings (SSSR count). The molecule has 0 atom stereocenters. The van der Waals surface area contributed by atoms with Gasteiger partial charge in [0.1, 0.15) is 0 Å². The summed E-state index contributed by atoms with van der Waals surface area (Å²) in [5.74, 6) is 4.60. The average Bonchev–Trinajstić information content (AvgIpc) is 2.28. The van der Waals surface area contributed by atoms with E-state index in [1.807, 2.05) is 4.72 Å². The van der Waals surface area contributed by atoms with E-state index in [0.29, 0.717) is 0 Å². The highest BCUT2D eigenvalue weighted by Crippen LogP contribution is 2.28. The van der Waals surface area contributed by atoms with Crippen LogP contribution in [0.1, 0.15) is 0 Å². The molecule has 8 nitrogen and oxygen atoms in total. The normalized spacial score (nSPS) is 11.1. The number of nitrogens with zero attached hydrogens (tertiary/aromatic N) is 1. The van der Waals surface area contributed by atoms with E-state index in [9.17, 15) is 18.5 Å². The van der Waals surface area contributed by atoms with Crippen LogP contribution in [0.4, 0.5) is 5.69 Å². The Bertz CT molecular complexity index is 513. The summed E-state index contributed by atoms with van der Waals surface area (Å²) in [5.41, 5.74) is -0.515. The first-order valence-electron chi connectivity index (χ1n) is 4.01. The molecule has 3 N–H and O–H groups in total. The zero-order valence-electron chi connectivity index (χ0n) is 8.21. The number of nitrogens with two attached hydrogens (primary N) is 1. The van der Waals surface area contributed by atoms with Crippen molar-refractivity contribution in [2.24, 2.45) is 5.90 Å². The fourth-order valence-electron chi connectivity index (χ4n) is 1.02. The third-order valence-electron chi connectivity index (χ3n) is 1.83. The molecule has 1 aromatic carbocycles. The minimum atomic E-state index is -3.73. The lowest BCUT2D eigenvalue weighted by molar-refractivity contribution is -0.386. The molecule has 16 heavy (non-hydrogen) atoms. The third-order valence-corrected chi connectivity index (χ3v) is 3.25. The number of hydrogen-bond donors (Lipinski definition) is 2. The van der Waals surface area contributed by atoms with Crippen LogP contribution in [0.2, 0.25) is 0 Å². The number of nitro benzene ring substituents is 1. The maximum atomic E-state index is 11.4. The molecule has 0 spiro atoms. The first-order chi connectivity index (χ1) is 7.42. The van der Waals surface area contributed by atoms with Gasteiger partial charge in [0.25, 0.3) is 0 Å². The van der Waals surface area contributed by atoms with Gasteiger partial charge in [-0.3, -0.25) is 10.1 Å². The van der Waals surface area contributed by atoms with Crippen LogP contribution in [0.5, 0.6) is 5.75 Å². The zero-order valence-corrected chi connectivity index (χ0v) is 9.02. The molecular formula is C7H9N3O5S. The van der Waals surface area contributed by atoms with E-state index >= 15 is 0 Å². The fraction of sp³-hybridized carbons (Fsp3) is 0.143. The summed E-state index contributed by atoms with van der Waals surface area (Å²) in [6.45, 7) is 0. The van der Waals surface area contributed by atoms with Gasteiger partial charge in [-0.15, -0.1) is 0 Å². The minimum Gasteiger partial charge on any atom is -0.404 e. The van der Waals surface area contributed by atoms with E-state index in [4.69, 9.17) is 5.90 Å². The summed E-state index contributed by atoms with van der Waals surface area (Å²) in [6, 6.07) is 3.14. The van der Waals surface area contributed by atoms with E-state index in [1.54, 1.807) is 0 Å². The molecule has 0 heterocycles. The van der Waals surface area contributed by atoms with Crippen molar-refractivity contribution in [2.45, 2.75) is 4.90 Å². The second kappa shape index (κ2) is 4.43. The van der Waals surface area contributed by atoms with Crippen molar-refractivity contribution in [3.63, 3.8) is 0 Å². The van der Waals surface area contributed by atoms with Crippen LogP contribution in [-0.4, -0.2) is 20.4 Å². The van der Waals surface area contributed by atoms with Gasteiger partial charge >= 0.3 is 5.69 Å². The lowest BCUT2D eigenvalue weighted by Crippen LogP contribution is -2.18. The van der Waals surface area contributed by atoms with Gasteiger partial charge in [0.2, 0.25) is 15.8 Å². The summed E-state index contributed by atoms with van der Waals surface area (Å²) in [6.07, 6.45) is 0. The van der Waals surface area contributed by atoms with E-state index in [2.05, 4.69) is 4.84 Å². The van der Waals surface area contributed by atoms with Crippen molar-refractivity contribution in [3.05, 3.63) is 28.3 Å². The first kappa shape index (κ1) is 12.4. The highest BCUT2D eigenvalue weighted by atomic mass is 32.2. The van der Waals surface area contributed by atoms with Crippen molar-refractivity contribution in [2.75, 3.05) is 7.05 Å². The SMILES string of the molecule is CNS(=O)(=O)c1ccc(ON)c([N+](=O)[O-])c1. The molecule has 0 aliphatic rings. The van der Waals surface area contributed by atoms with Gasteiger partial charge < -0.3 is 4.84 Å². The third kappa shape index (κ3) is 2.27. The Morgan fingerprint density at radius 1 is 1.50 bits per heavy atom. The Morgan fingerprint density at radius 3 is 2.56 bits per heavy atom. The lowest BCUT2D eigenvalue weighted by atomic mass is 10.3. The molecule has 0 amide bonds. The van der Waals surface area contributed by atoms with Crippen LogP contribution in [0.15, 0.2) is 23.1 Å². The molecule has 0 aliphatic carbocycles. The van der Waals surface area contributed by atoms with Crippen LogP contribution in [0.3, 0.4) is 0 Å². The number of benzene rings is 1. The quantitative estimate of drug-likeness (QED) is 0.558. The standard InChI is InChI=1S/C7H9N3O5S/c1-9-16(13,14)5-2-3-7(15-8)6(4-5)10(11)12/h2-4,9H,8H2,1H3. The van der Waals surface area contributed by atoms with Crippen molar-refractivity contribution >= 4 is 15.7 Å². The number of nitro groups is 1. The summed E-state index contributed by atoms with van der Waals surface area (Å²) < 4.78 is 24.8. The van der Waals surface area contributed by atoms with E-state index in [0.717, 1.165) is 18.2 Å². The average molecular weight is 247 g/mol. The second-order valence-electron chi connectivity index (χ2n) is 2.71. The van der Waals surface area contributed by atoms with Crippen LogP contribution in [-0.2, 0) is 10.0 Å². The van der Waals surface area contributed by atoms with E-state index in [-0.39, 0.29) is 10.6 Å². The molecule has 0 aliphatic heterocycles. The number of hydrogen-bond acceptors (Lipinski definition) is 6. The van der Waals surface area contributed by atoms with Crippen molar-refractivity contribution in [1.82, 2.24) is 4.72 Å². The van der Waals surface area contributed by atoms with Crippen LogP contribution in [0, 0.1) is 10.1 Å². The maximum absolute atomic E-state index is 11.4. The van der Waals surface area contributed by atoms with Gasteiger partial charge in [0.15, 0.2) is 0 Å². The van der Waals surface area contributed by atoms with Gasteiger partial charge in [-0.25, -0.2) is 13.1 Å². The first-order valence-corrected chi connectivity index (χ1v) is 5.49. The Balaban J connectivity index is 3.39. The van der Waals surface area contributed by atoms with Gasteiger partial charge in [-0.05, 0) is 19.2 Å². The summed E-state index contributed by atoms with van der Waals surface area (Å²) >= 11 is 0. The summed E-state index contributed by atoms with van der Waals surface area (Å²) in [7, 11) is -2.53. The molecule has 0 fully saturated rings. The van der Waals surface area contributed by atoms with E-state index in [1.165, 1.54) is 7.05 Å². The molecule has 0 radical (unpaired) electrons. The smallest absolute Gasteiger partial charge is 0.314 e. The molecule has 0 saturated heterocycles. The highest BCUT2D eigenvalue weighted by molar-refractivity contribution is 7.89. The van der Waals surface area contributed by atoms with Crippen LogP contribution in [0.25, 0.3) is 0 Å². The zero-order chi connectivity index (χ0) is 12.3. The maximum Gasteiger partial charge on any atom is 0.314 e. The monoisotopic (exact) mass is 247 g/mol. The van der Waals surface area contributed by atoms with E-state index < -0.39 is 20.6 Å². The number of rotatable bonds is 4. The minimum absolute atomic E-state index is 0.208. The predicted molar refractivity (Wildman–Crippen MR) is 54.2 cm³/mol. The summed E-state index contributed by atoms with van der Waals surface area (Å²) in [5, 5.41) is 10.6. The molecule has 88 valence electrons. The van der Waals surface area contributed by atoms with Gasteiger partial charge in [-0.1, -0.05) is 0 Å². The number of nitrogens with one attached hydrogen (secondary N) is 1. The summed E-state index contributed by atoms with van der Waals surface area (Å²) in [4.78, 5) is 13.8. The van der Waals surface area contributed by atoms with Crippen LogP contribution >= 0.6 is 0 Å². The number of sulfonamides is 1. The van der Waals surface area contributed by atoms with Gasteiger partial charge in [0.05, 0.1) is 9.82 Å². The molecule has 0 saturated carbocycles. The highest BCUT2D eigenvalue weighted by Gasteiger charge is 2.21. The Hall–Kier alpha value is -1.71. The van der Waals surface area contributed by atoms with Crippen LogP contribution < -0.4 is 15.5 Å². The fourth-order valence-corrected chi connectivity index (χ4v) is 1.77. The topological polar surface area (TPSA) is 125 Å². The molecular weight excluding hydrogens is 238 g/mol. The molecule has 0 aromatic heterocycles. The lowest BCUT2D eigenvalue weighted by Gasteiger charge is -2.04. The Morgan fingerprint density at radius 2 is 2.12 bits per heavy atom. The largest absolute Gasteiger partial charge is 0.404 e. The molecule has 0 bridgehead atoms. The van der Waals surface area contributed by atoms with Crippen molar-refractivity contribution in [1.29, 1.82) is 0 Å². The van der Waals surface area contributed by atoms with Crippen molar-refractivity contribution in [3.8, 4) is 5.75 Å². The Labute approximate surface area is 91.2 Å². The molecule has 9 heteroatoms. The van der Waals surface area contributed by atoms with Gasteiger partial charge in [-0.2, -0.15) is 5.90 Å².